The van der Waals surface area contributed by atoms with Crippen LogP contribution in [0.2, 0.25) is 5.02 Å². The van der Waals surface area contributed by atoms with Gasteiger partial charge in [0.2, 0.25) is 0 Å². The molecule has 27 heavy (non-hydrogen) atoms. The molecule has 0 spiro atoms. The molecule has 4 rings (SSSR count). The lowest BCUT2D eigenvalue weighted by molar-refractivity contribution is 0.420. The number of aromatic amines is 1. The maximum Gasteiger partial charge on any atom is 0.253 e. The molecule has 2 heterocycles. The van der Waals surface area contributed by atoms with Crippen molar-refractivity contribution >= 4 is 28.2 Å². The number of H-pyrrole nitrogens is 1. The van der Waals surface area contributed by atoms with Crippen LogP contribution in [0, 0.1) is 5.82 Å². The van der Waals surface area contributed by atoms with E-state index in [4.69, 9.17) is 16.1 Å². The van der Waals surface area contributed by atoms with Crippen LogP contribution >= 0.6 is 11.6 Å². The Morgan fingerprint density at radius 3 is 2.85 bits per heavy atom. The van der Waals surface area contributed by atoms with Crippen molar-refractivity contribution in [3.05, 3.63) is 81.7 Å². The van der Waals surface area contributed by atoms with Gasteiger partial charge < -0.3 is 14.8 Å². The molecule has 0 amide bonds. The molecule has 0 saturated heterocycles. The Morgan fingerprint density at radius 2 is 2.07 bits per heavy atom. The van der Waals surface area contributed by atoms with Gasteiger partial charge in [0, 0.05) is 22.2 Å². The highest BCUT2D eigenvalue weighted by atomic mass is 35.5. The number of anilines is 1. The molecule has 0 aliphatic heterocycles. The van der Waals surface area contributed by atoms with Crippen molar-refractivity contribution in [3.63, 3.8) is 0 Å². The molecular weight excluding hydrogens is 369 g/mol. The maximum atomic E-state index is 13.6. The van der Waals surface area contributed by atoms with Crippen LogP contribution in [-0.4, -0.2) is 10.1 Å². The molecule has 5 nitrogen and oxygen atoms in total. The molecule has 0 bridgehead atoms. The number of halogens is 2. The molecule has 0 aliphatic carbocycles. The van der Waals surface area contributed by atoms with E-state index in [0.29, 0.717) is 16.5 Å². The summed E-state index contributed by atoms with van der Waals surface area (Å²) in [6, 6.07) is 11.9. The lowest BCUT2D eigenvalue weighted by atomic mass is 10.1. The minimum atomic E-state index is -0.565. The van der Waals surface area contributed by atoms with Crippen LogP contribution in [0.1, 0.15) is 18.5 Å². The zero-order valence-electron chi connectivity index (χ0n) is 14.3. The van der Waals surface area contributed by atoms with Crippen molar-refractivity contribution in [3.8, 4) is 11.1 Å². The maximum absolute atomic E-state index is 13.6. The second-order valence-corrected chi connectivity index (χ2v) is 6.67. The summed E-state index contributed by atoms with van der Waals surface area (Å²) in [4.78, 5) is 15.2. The Labute approximate surface area is 158 Å². The van der Waals surface area contributed by atoms with Crippen molar-refractivity contribution < 1.29 is 8.91 Å². The predicted octanol–water partition coefficient (Wildman–Crippen LogP) is 5.15. The highest BCUT2D eigenvalue weighted by Gasteiger charge is 2.13. The molecule has 4 aromatic rings. The van der Waals surface area contributed by atoms with E-state index >= 15 is 0 Å². The lowest BCUT2D eigenvalue weighted by Gasteiger charge is -2.16. The van der Waals surface area contributed by atoms with Gasteiger partial charge in [0.25, 0.3) is 5.56 Å². The third kappa shape index (κ3) is 3.44. The largest absolute Gasteiger partial charge is 0.378 e. The molecule has 0 saturated carbocycles. The molecule has 2 N–H and O–H groups in total. The van der Waals surface area contributed by atoms with Gasteiger partial charge in [0.1, 0.15) is 12.1 Å². The highest BCUT2D eigenvalue weighted by molar-refractivity contribution is 6.31. The van der Waals surface area contributed by atoms with E-state index < -0.39 is 5.82 Å². The van der Waals surface area contributed by atoms with Gasteiger partial charge in [-0.3, -0.25) is 4.79 Å². The van der Waals surface area contributed by atoms with Gasteiger partial charge in [0.05, 0.1) is 22.8 Å². The first kappa shape index (κ1) is 17.3. The summed E-state index contributed by atoms with van der Waals surface area (Å²) in [7, 11) is 0. The summed E-state index contributed by atoms with van der Waals surface area (Å²) in [5, 5.41) is 7.71. The Kier molecular flexibility index (Phi) is 4.41. The first-order chi connectivity index (χ1) is 13.0. The fraction of sp³-hybridized carbons (Fsp3) is 0.100. The second-order valence-electron chi connectivity index (χ2n) is 6.27. The number of aromatic nitrogens is 2. The van der Waals surface area contributed by atoms with Crippen molar-refractivity contribution in [1.82, 2.24) is 10.1 Å². The molecule has 7 heteroatoms. The number of pyridine rings is 1. The second kappa shape index (κ2) is 6.89. The number of nitrogens with zero attached hydrogens (tertiary/aromatic N) is 1. The van der Waals surface area contributed by atoms with E-state index in [2.05, 4.69) is 15.5 Å². The minimum absolute atomic E-state index is 0.0162. The monoisotopic (exact) mass is 383 g/mol. The summed E-state index contributed by atoms with van der Waals surface area (Å²) >= 11 is 5.86. The van der Waals surface area contributed by atoms with E-state index in [1.54, 1.807) is 18.5 Å². The fourth-order valence-electron chi connectivity index (χ4n) is 3.00. The van der Waals surface area contributed by atoms with Gasteiger partial charge in [-0.25, -0.2) is 4.39 Å². The van der Waals surface area contributed by atoms with E-state index in [0.717, 1.165) is 16.8 Å². The molecule has 0 radical (unpaired) electrons. The molecule has 0 fully saturated rings. The Balaban J connectivity index is 1.66. The van der Waals surface area contributed by atoms with Crippen LogP contribution in [0.25, 0.3) is 22.0 Å². The van der Waals surface area contributed by atoms with E-state index in [1.165, 1.54) is 12.1 Å². The number of rotatable bonds is 4. The van der Waals surface area contributed by atoms with Crippen LogP contribution in [0.5, 0.6) is 0 Å². The molecule has 0 unspecified atom stereocenters. The first-order valence-corrected chi connectivity index (χ1v) is 8.67. The van der Waals surface area contributed by atoms with Gasteiger partial charge >= 0.3 is 0 Å². The van der Waals surface area contributed by atoms with Crippen molar-refractivity contribution in [2.24, 2.45) is 0 Å². The molecule has 2 aromatic heterocycles. The van der Waals surface area contributed by atoms with E-state index in [9.17, 15) is 9.18 Å². The average molecular weight is 384 g/mol. The van der Waals surface area contributed by atoms with Crippen molar-refractivity contribution in [2.75, 3.05) is 5.32 Å². The smallest absolute Gasteiger partial charge is 0.253 e. The zero-order chi connectivity index (χ0) is 19.0. The quantitative estimate of drug-likeness (QED) is 0.511. The third-order valence-electron chi connectivity index (χ3n) is 4.39. The van der Waals surface area contributed by atoms with Crippen LogP contribution in [0.15, 0.2) is 64.2 Å². The zero-order valence-corrected chi connectivity index (χ0v) is 15.0. The predicted molar refractivity (Wildman–Crippen MR) is 104 cm³/mol. The molecular formula is C20H15ClFN3O2. The summed E-state index contributed by atoms with van der Waals surface area (Å²) in [6.45, 7) is 1.88. The molecule has 136 valence electrons. The Hall–Kier alpha value is -3.12. The van der Waals surface area contributed by atoms with Gasteiger partial charge in [-0.05, 0) is 42.8 Å². The van der Waals surface area contributed by atoms with E-state index in [-0.39, 0.29) is 16.6 Å². The van der Waals surface area contributed by atoms with E-state index in [1.807, 2.05) is 31.2 Å². The van der Waals surface area contributed by atoms with Gasteiger partial charge in [0.15, 0.2) is 0 Å². The molecule has 0 aliphatic rings. The summed E-state index contributed by atoms with van der Waals surface area (Å²) in [6.07, 6.45) is 3.21. The van der Waals surface area contributed by atoms with Gasteiger partial charge in [-0.2, -0.15) is 0 Å². The third-order valence-corrected chi connectivity index (χ3v) is 4.68. The van der Waals surface area contributed by atoms with Crippen LogP contribution in [0.4, 0.5) is 10.1 Å². The van der Waals surface area contributed by atoms with Crippen LogP contribution in [0.3, 0.4) is 0 Å². The number of fused-ring (bicyclic) bond motifs is 1. The first-order valence-electron chi connectivity index (χ1n) is 8.29. The summed E-state index contributed by atoms with van der Waals surface area (Å²) < 4.78 is 18.5. The van der Waals surface area contributed by atoms with Gasteiger partial charge in [-0.1, -0.05) is 28.9 Å². The van der Waals surface area contributed by atoms with Crippen molar-refractivity contribution in [1.29, 1.82) is 0 Å². The fourth-order valence-corrected chi connectivity index (χ4v) is 3.17. The molecule has 2 aromatic carbocycles. The SMILES string of the molecule is C[C@H](Nc1cccc(-c2cnoc2)c1)c1cc2cc(Cl)c(F)cc2[nH]c1=O. The Bertz CT molecular complexity index is 1170. The normalized spacial score (nSPS) is 12.3. The van der Waals surface area contributed by atoms with Crippen LogP contribution in [-0.2, 0) is 0 Å². The summed E-state index contributed by atoms with van der Waals surface area (Å²) in [5.74, 6) is -0.565. The average Bonchev–Trinajstić information content (AvgIpc) is 3.17. The number of benzene rings is 2. The number of hydrogen-bond donors (Lipinski definition) is 2. The Morgan fingerprint density at radius 1 is 1.22 bits per heavy atom. The lowest BCUT2D eigenvalue weighted by Crippen LogP contribution is -2.19. The van der Waals surface area contributed by atoms with Gasteiger partial charge in [-0.15, -0.1) is 0 Å². The van der Waals surface area contributed by atoms with Crippen LogP contribution < -0.4 is 10.9 Å². The standard InChI is InChI=1S/C20H15ClFN3O2/c1-11(24-15-4-2-3-12(5-15)14-9-23-27-10-14)16-6-13-7-17(21)18(22)8-19(13)25-20(16)26/h2-11,24H,1H3,(H,25,26)/t11-/m0/s1. The minimum Gasteiger partial charge on any atom is -0.378 e. The molecule has 1 atom stereocenters. The highest BCUT2D eigenvalue weighted by Crippen LogP contribution is 2.26. The number of nitrogens with one attached hydrogen (secondary N) is 2. The summed E-state index contributed by atoms with van der Waals surface area (Å²) in [5.41, 5.74) is 3.32. The number of hydrogen-bond acceptors (Lipinski definition) is 4. The topological polar surface area (TPSA) is 70.9 Å². The van der Waals surface area contributed by atoms with Crippen molar-refractivity contribution in [2.45, 2.75) is 13.0 Å².